The Bertz CT molecular complexity index is 745. The lowest BCUT2D eigenvalue weighted by Gasteiger charge is -2.21. The molecule has 2 unspecified atom stereocenters. The third-order valence-electron chi connectivity index (χ3n) is 6.52. The first kappa shape index (κ1) is 36.6. The summed E-state index contributed by atoms with van der Waals surface area (Å²) in [6.07, 6.45) is 31.3. The zero-order chi connectivity index (χ0) is 28.3. The van der Waals surface area contributed by atoms with Gasteiger partial charge in [0, 0.05) is 6.42 Å². The van der Waals surface area contributed by atoms with Gasteiger partial charge in [-0.3, -0.25) is 9.35 Å². The number of carbonyl (C=O) groups is 1. The van der Waals surface area contributed by atoms with E-state index in [1.165, 1.54) is 57.4 Å². The molecule has 6 nitrogen and oxygen atoms in total. The zero-order valence-electron chi connectivity index (χ0n) is 24.3. The van der Waals surface area contributed by atoms with Crippen LogP contribution in [-0.4, -0.2) is 41.9 Å². The van der Waals surface area contributed by atoms with E-state index in [4.69, 9.17) is 0 Å². The van der Waals surface area contributed by atoms with Crippen LogP contribution in [0.5, 0.6) is 0 Å². The van der Waals surface area contributed by atoms with Gasteiger partial charge >= 0.3 is 0 Å². The van der Waals surface area contributed by atoms with E-state index in [0.29, 0.717) is 12.8 Å². The molecule has 0 fully saturated rings. The first-order chi connectivity index (χ1) is 18.3. The fraction of sp³-hybridized carbons (Fsp3) is 0.774. The molecule has 0 radical (unpaired) electrons. The Balaban J connectivity index is 4.19. The highest BCUT2D eigenvalue weighted by molar-refractivity contribution is 7.85. The summed E-state index contributed by atoms with van der Waals surface area (Å²) in [6, 6.07) is -1.07. The van der Waals surface area contributed by atoms with Crippen molar-refractivity contribution < 1.29 is 22.9 Å². The van der Waals surface area contributed by atoms with E-state index >= 15 is 0 Å². The van der Waals surface area contributed by atoms with Crippen LogP contribution < -0.4 is 5.32 Å². The van der Waals surface area contributed by atoms with Gasteiger partial charge in [-0.2, -0.15) is 8.42 Å². The van der Waals surface area contributed by atoms with Crippen molar-refractivity contribution in [3.05, 3.63) is 36.5 Å². The van der Waals surface area contributed by atoms with Gasteiger partial charge < -0.3 is 10.4 Å². The summed E-state index contributed by atoms with van der Waals surface area (Å²) in [4.78, 5) is 12.3. The predicted octanol–water partition coefficient (Wildman–Crippen LogP) is 7.84. The minimum atomic E-state index is -4.34. The predicted molar refractivity (Wildman–Crippen MR) is 161 cm³/mol. The highest BCUT2D eigenvalue weighted by atomic mass is 32.2. The highest BCUT2D eigenvalue weighted by Crippen LogP contribution is 2.10. The molecule has 0 heterocycles. The molecule has 222 valence electrons. The van der Waals surface area contributed by atoms with Gasteiger partial charge in [0.05, 0.1) is 17.9 Å². The van der Waals surface area contributed by atoms with E-state index in [-0.39, 0.29) is 12.3 Å². The monoisotopic (exact) mass is 555 g/mol. The van der Waals surface area contributed by atoms with Crippen molar-refractivity contribution in [1.29, 1.82) is 0 Å². The number of hydrogen-bond donors (Lipinski definition) is 3. The van der Waals surface area contributed by atoms with E-state index < -0.39 is 28.0 Å². The van der Waals surface area contributed by atoms with Crippen molar-refractivity contribution in [1.82, 2.24) is 5.32 Å². The fourth-order valence-corrected chi connectivity index (χ4v) is 4.96. The minimum absolute atomic E-state index is 0.276. The molecule has 0 bridgehead atoms. The van der Waals surface area contributed by atoms with Crippen molar-refractivity contribution in [2.75, 3.05) is 5.75 Å². The second-order valence-corrected chi connectivity index (χ2v) is 11.9. The van der Waals surface area contributed by atoms with Crippen LogP contribution in [0.1, 0.15) is 136 Å². The third kappa shape index (κ3) is 26.2. The lowest BCUT2D eigenvalue weighted by atomic mass is 10.1. The Labute approximate surface area is 234 Å². The fourth-order valence-electron chi connectivity index (χ4n) is 4.23. The Hall–Kier alpha value is -1.44. The lowest BCUT2D eigenvalue weighted by Crippen LogP contribution is -2.46. The van der Waals surface area contributed by atoms with E-state index in [1.807, 2.05) is 0 Å². The molecule has 0 spiro atoms. The molecule has 0 saturated heterocycles. The average Bonchev–Trinajstić information content (AvgIpc) is 2.86. The van der Waals surface area contributed by atoms with Crippen molar-refractivity contribution in [3.8, 4) is 0 Å². The van der Waals surface area contributed by atoms with Crippen LogP contribution in [0.15, 0.2) is 36.5 Å². The van der Waals surface area contributed by atoms with Gasteiger partial charge in [-0.25, -0.2) is 0 Å². The third-order valence-corrected chi connectivity index (χ3v) is 7.30. The Kier molecular flexibility index (Phi) is 24.8. The molecule has 0 aromatic heterocycles. The quantitative estimate of drug-likeness (QED) is 0.0573. The summed E-state index contributed by atoms with van der Waals surface area (Å²) in [5, 5.41) is 13.0. The largest absolute Gasteiger partial charge is 0.387 e. The van der Waals surface area contributed by atoms with E-state index in [9.17, 15) is 22.9 Å². The van der Waals surface area contributed by atoms with E-state index in [2.05, 4.69) is 43.5 Å². The van der Waals surface area contributed by atoms with Crippen molar-refractivity contribution in [2.45, 2.75) is 148 Å². The first-order valence-electron chi connectivity index (χ1n) is 15.2. The molecule has 0 aromatic carbocycles. The number of rotatable bonds is 26. The maximum atomic E-state index is 12.3. The van der Waals surface area contributed by atoms with E-state index in [0.717, 1.165) is 51.4 Å². The molecule has 1 amide bonds. The maximum absolute atomic E-state index is 12.3. The van der Waals surface area contributed by atoms with Crippen LogP contribution in [0.25, 0.3) is 0 Å². The van der Waals surface area contributed by atoms with Crippen LogP contribution in [0.3, 0.4) is 0 Å². The van der Waals surface area contributed by atoms with E-state index in [1.54, 1.807) is 6.08 Å². The standard InChI is InChI=1S/C31H57NO5S/c1-3-5-7-9-11-13-15-16-17-18-20-22-24-26-30(33)29(28-38(35,36)37)32-31(34)27-25-23-21-19-14-12-10-8-6-4-2/h8,10,17-18,24,26,29-30,33H,3-7,9,11-16,19-23,25,27-28H2,1-2H3,(H,32,34)(H,35,36,37)/b10-8-,18-17+,26-24+. The van der Waals surface area contributed by atoms with Gasteiger partial charge in [0.2, 0.25) is 5.91 Å². The Morgan fingerprint density at radius 3 is 1.76 bits per heavy atom. The van der Waals surface area contributed by atoms with Crippen LogP contribution in [0.4, 0.5) is 0 Å². The zero-order valence-corrected chi connectivity index (χ0v) is 25.1. The molecule has 0 rings (SSSR count). The molecule has 0 saturated carbocycles. The van der Waals surface area contributed by atoms with Gasteiger partial charge in [-0.15, -0.1) is 0 Å². The summed E-state index contributed by atoms with van der Waals surface area (Å²) in [5.41, 5.74) is 0. The first-order valence-corrected chi connectivity index (χ1v) is 16.8. The second-order valence-electron chi connectivity index (χ2n) is 10.4. The molecule has 0 aliphatic carbocycles. The average molecular weight is 556 g/mol. The SMILES string of the molecule is CCC/C=C\CCCCCCCC(=O)NC(CS(=O)(=O)O)C(O)/C=C/CC/C=C/CCCCCCCCC. The number of unbranched alkanes of at least 4 members (excludes halogenated alkanes) is 14. The van der Waals surface area contributed by atoms with Gasteiger partial charge in [0.1, 0.15) is 0 Å². The van der Waals surface area contributed by atoms with Crippen LogP contribution >= 0.6 is 0 Å². The smallest absolute Gasteiger partial charge is 0.267 e. The number of nitrogens with one attached hydrogen (secondary N) is 1. The number of aliphatic hydroxyl groups is 1. The van der Waals surface area contributed by atoms with Crippen LogP contribution in [0, 0.1) is 0 Å². The number of aliphatic hydroxyl groups excluding tert-OH is 1. The van der Waals surface area contributed by atoms with Gasteiger partial charge in [0.25, 0.3) is 10.1 Å². The molecule has 3 N–H and O–H groups in total. The molecular weight excluding hydrogens is 498 g/mol. The molecule has 0 aliphatic rings. The number of hydrogen-bond acceptors (Lipinski definition) is 4. The maximum Gasteiger partial charge on any atom is 0.267 e. The number of allylic oxidation sites excluding steroid dienone is 5. The number of carbonyl (C=O) groups excluding carboxylic acids is 1. The lowest BCUT2D eigenvalue weighted by molar-refractivity contribution is -0.122. The summed E-state index contributed by atoms with van der Waals surface area (Å²) in [6.45, 7) is 4.40. The van der Waals surface area contributed by atoms with Crippen molar-refractivity contribution in [2.24, 2.45) is 0 Å². The number of amides is 1. The van der Waals surface area contributed by atoms with Gasteiger partial charge in [-0.1, -0.05) is 115 Å². The highest BCUT2D eigenvalue weighted by Gasteiger charge is 2.24. The molecule has 7 heteroatoms. The van der Waals surface area contributed by atoms with Gasteiger partial charge in [0.15, 0.2) is 0 Å². The molecule has 38 heavy (non-hydrogen) atoms. The Morgan fingerprint density at radius 2 is 1.18 bits per heavy atom. The minimum Gasteiger partial charge on any atom is -0.387 e. The molecule has 0 aliphatic heterocycles. The summed E-state index contributed by atoms with van der Waals surface area (Å²) >= 11 is 0. The molecular formula is C31H57NO5S. The molecule has 0 aromatic rings. The normalized spacial score (nSPS) is 14.1. The van der Waals surface area contributed by atoms with Crippen molar-refractivity contribution >= 4 is 16.0 Å². The Morgan fingerprint density at radius 1 is 0.684 bits per heavy atom. The molecule has 2 atom stereocenters. The van der Waals surface area contributed by atoms with Crippen LogP contribution in [0.2, 0.25) is 0 Å². The summed E-state index contributed by atoms with van der Waals surface area (Å²) in [5.74, 6) is -1.02. The summed E-state index contributed by atoms with van der Waals surface area (Å²) < 4.78 is 32.1. The topological polar surface area (TPSA) is 104 Å². The van der Waals surface area contributed by atoms with Crippen LogP contribution in [-0.2, 0) is 14.9 Å². The van der Waals surface area contributed by atoms with Gasteiger partial charge in [-0.05, 0) is 51.4 Å². The summed E-state index contributed by atoms with van der Waals surface area (Å²) in [7, 11) is -4.34. The van der Waals surface area contributed by atoms with Crippen molar-refractivity contribution in [3.63, 3.8) is 0 Å². The second kappa shape index (κ2) is 25.8.